The average Bonchev–Trinajstić information content (AvgIpc) is 2.29. The largest absolute Gasteiger partial charge is 0.381 e. The van der Waals surface area contributed by atoms with Crippen LogP contribution < -0.4 is 0 Å². The van der Waals surface area contributed by atoms with Crippen LogP contribution >= 0.6 is 11.6 Å². The minimum absolute atomic E-state index is 0.314. The monoisotopic (exact) mass is 248 g/mol. The number of unbranched alkanes of at least 4 members (excludes halogenated alkanes) is 1. The third-order valence-corrected chi connectivity index (χ3v) is 3.89. The van der Waals surface area contributed by atoms with Gasteiger partial charge in [-0.3, -0.25) is 0 Å². The quantitative estimate of drug-likeness (QED) is 0.396. The first-order valence-corrected chi connectivity index (χ1v) is 7.27. The SMILES string of the molecule is CCCCC(CC)(CCl)CCOCC(C)C. The van der Waals surface area contributed by atoms with Crippen molar-refractivity contribution in [1.82, 2.24) is 0 Å². The molecule has 0 heterocycles. The van der Waals surface area contributed by atoms with E-state index in [2.05, 4.69) is 27.7 Å². The first-order valence-electron chi connectivity index (χ1n) is 6.74. The highest BCUT2D eigenvalue weighted by Crippen LogP contribution is 2.34. The van der Waals surface area contributed by atoms with E-state index >= 15 is 0 Å². The van der Waals surface area contributed by atoms with Gasteiger partial charge in [-0.15, -0.1) is 11.6 Å². The normalized spacial score (nSPS) is 15.4. The fourth-order valence-corrected chi connectivity index (χ4v) is 2.32. The van der Waals surface area contributed by atoms with Gasteiger partial charge in [0.15, 0.2) is 0 Å². The Morgan fingerprint density at radius 1 is 1.19 bits per heavy atom. The van der Waals surface area contributed by atoms with Crippen LogP contribution in [-0.4, -0.2) is 19.1 Å². The molecule has 1 atom stereocenters. The first-order chi connectivity index (χ1) is 7.60. The van der Waals surface area contributed by atoms with Crippen molar-refractivity contribution in [3.63, 3.8) is 0 Å². The minimum Gasteiger partial charge on any atom is -0.381 e. The Balaban J connectivity index is 3.91. The van der Waals surface area contributed by atoms with Crippen LogP contribution in [0, 0.1) is 11.3 Å². The fourth-order valence-electron chi connectivity index (χ4n) is 1.87. The summed E-state index contributed by atoms with van der Waals surface area (Å²) in [7, 11) is 0. The summed E-state index contributed by atoms with van der Waals surface area (Å²) in [5.41, 5.74) is 0.314. The smallest absolute Gasteiger partial charge is 0.0488 e. The Hall–Kier alpha value is 0.250. The zero-order chi connectivity index (χ0) is 12.4. The van der Waals surface area contributed by atoms with Crippen molar-refractivity contribution in [2.45, 2.75) is 59.8 Å². The molecule has 0 saturated heterocycles. The molecule has 0 aliphatic carbocycles. The van der Waals surface area contributed by atoms with Gasteiger partial charge in [-0.1, -0.05) is 40.5 Å². The zero-order valence-corrected chi connectivity index (χ0v) is 12.3. The van der Waals surface area contributed by atoms with E-state index in [9.17, 15) is 0 Å². The van der Waals surface area contributed by atoms with E-state index < -0.39 is 0 Å². The molecule has 0 radical (unpaired) electrons. The molecular formula is C14H29ClO. The van der Waals surface area contributed by atoms with Gasteiger partial charge >= 0.3 is 0 Å². The number of hydrogen-bond acceptors (Lipinski definition) is 1. The van der Waals surface area contributed by atoms with Crippen LogP contribution in [-0.2, 0) is 4.74 Å². The van der Waals surface area contributed by atoms with Crippen LogP contribution in [0.2, 0.25) is 0 Å². The van der Waals surface area contributed by atoms with Crippen LogP contribution in [0.15, 0.2) is 0 Å². The van der Waals surface area contributed by atoms with E-state index in [0.29, 0.717) is 11.3 Å². The van der Waals surface area contributed by atoms with Crippen molar-refractivity contribution < 1.29 is 4.74 Å². The van der Waals surface area contributed by atoms with Crippen molar-refractivity contribution >= 4 is 11.6 Å². The van der Waals surface area contributed by atoms with Crippen molar-refractivity contribution in [2.75, 3.05) is 19.1 Å². The molecule has 0 saturated carbocycles. The molecule has 0 aliphatic rings. The number of alkyl halides is 1. The summed E-state index contributed by atoms with van der Waals surface area (Å²) in [4.78, 5) is 0. The lowest BCUT2D eigenvalue weighted by molar-refractivity contribution is 0.0769. The molecule has 0 N–H and O–H groups in total. The molecular weight excluding hydrogens is 220 g/mol. The lowest BCUT2D eigenvalue weighted by Gasteiger charge is -2.30. The molecule has 0 spiro atoms. The van der Waals surface area contributed by atoms with Crippen LogP contribution in [0.25, 0.3) is 0 Å². The van der Waals surface area contributed by atoms with E-state index in [1.807, 2.05) is 0 Å². The number of hydrogen-bond donors (Lipinski definition) is 0. The predicted octanol–water partition coefficient (Wildman–Crippen LogP) is 4.87. The zero-order valence-electron chi connectivity index (χ0n) is 11.5. The standard InChI is InChI=1S/C14H29ClO/c1-5-7-8-14(6-2,12-15)9-10-16-11-13(3)4/h13H,5-12H2,1-4H3. The van der Waals surface area contributed by atoms with Gasteiger partial charge in [-0.25, -0.2) is 0 Å². The van der Waals surface area contributed by atoms with Crippen LogP contribution in [0.4, 0.5) is 0 Å². The van der Waals surface area contributed by atoms with E-state index in [1.165, 1.54) is 25.7 Å². The summed E-state index contributed by atoms with van der Waals surface area (Å²) in [5.74, 6) is 1.40. The topological polar surface area (TPSA) is 9.23 Å². The Bertz CT molecular complexity index is 153. The molecule has 0 aromatic carbocycles. The highest BCUT2D eigenvalue weighted by Gasteiger charge is 2.26. The predicted molar refractivity (Wildman–Crippen MR) is 73.2 cm³/mol. The van der Waals surface area contributed by atoms with Crippen molar-refractivity contribution in [2.24, 2.45) is 11.3 Å². The van der Waals surface area contributed by atoms with E-state index in [-0.39, 0.29) is 0 Å². The van der Waals surface area contributed by atoms with Gasteiger partial charge in [0.25, 0.3) is 0 Å². The second-order valence-corrected chi connectivity index (χ2v) is 5.58. The van der Waals surface area contributed by atoms with Crippen LogP contribution in [0.3, 0.4) is 0 Å². The third-order valence-electron chi connectivity index (χ3n) is 3.32. The van der Waals surface area contributed by atoms with E-state index in [4.69, 9.17) is 16.3 Å². The molecule has 0 aliphatic heterocycles. The fraction of sp³-hybridized carbons (Fsp3) is 1.00. The molecule has 0 bridgehead atoms. The molecule has 0 aromatic rings. The number of ether oxygens (including phenoxy) is 1. The van der Waals surface area contributed by atoms with Crippen molar-refractivity contribution in [1.29, 1.82) is 0 Å². The third kappa shape index (κ3) is 6.75. The molecule has 1 unspecified atom stereocenters. The highest BCUT2D eigenvalue weighted by molar-refractivity contribution is 6.18. The molecule has 0 fully saturated rings. The first kappa shape index (κ1) is 16.2. The summed E-state index contributed by atoms with van der Waals surface area (Å²) >= 11 is 6.15. The van der Waals surface area contributed by atoms with E-state index in [0.717, 1.165) is 25.5 Å². The molecule has 98 valence electrons. The van der Waals surface area contributed by atoms with Crippen LogP contribution in [0.5, 0.6) is 0 Å². The Kier molecular flexibility index (Phi) is 9.44. The van der Waals surface area contributed by atoms with Crippen LogP contribution in [0.1, 0.15) is 59.8 Å². The van der Waals surface area contributed by atoms with Gasteiger partial charge in [0.2, 0.25) is 0 Å². The summed E-state index contributed by atoms with van der Waals surface area (Å²) in [6.07, 6.45) is 6.06. The van der Waals surface area contributed by atoms with Gasteiger partial charge in [0.05, 0.1) is 0 Å². The molecule has 1 nitrogen and oxygen atoms in total. The van der Waals surface area contributed by atoms with Gasteiger partial charge in [-0.05, 0) is 30.6 Å². The van der Waals surface area contributed by atoms with E-state index in [1.54, 1.807) is 0 Å². The van der Waals surface area contributed by atoms with Gasteiger partial charge in [0.1, 0.15) is 0 Å². The minimum atomic E-state index is 0.314. The summed E-state index contributed by atoms with van der Waals surface area (Å²) in [5, 5.41) is 0. The maximum Gasteiger partial charge on any atom is 0.0488 e. The average molecular weight is 249 g/mol. The maximum absolute atomic E-state index is 6.15. The lowest BCUT2D eigenvalue weighted by Crippen LogP contribution is -2.24. The highest BCUT2D eigenvalue weighted by atomic mass is 35.5. The summed E-state index contributed by atoms with van der Waals surface area (Å²) in [6, 6.07) is 0. The summed E-state index contributed by atoms with van der Waals surface area (Å²) in [6.45, 7) is 10.6. The van der Waals surface area contributed by atoms with Gasteiger partial charge in [0, 0.05) is 19.1 Å². The lowest BCUT2D eigenvalue weighted by atomic mass is 9.79. The second-order valence-electron chi connectivity index (χ2n) is 5.31. The molecule has 16 heavy (non-hydrogen) atoms. The molecule has 0 amide bonds. The summed E-state index contributed by atoms with van der Waals surface area (Å²) < 4.78 is 5.68. The molecule has 2 heteroatoms. The molecule has 0 aromatic heterocycles. The Morgan fingerprint density at radius 2 is 1.88 bits per heavy atom. The van der Waals surface area contributed by atoms with Crippen molar-refractivity contribution in [3.05, 3.63) is 0 Å². The van der Waals surface area contributed by atoms with Gasteiger partial charge < -0.3 is 4.74 Å². The number of rotatable bonds is 10. The van der Waals surface area contributed by atoms with Gasteiger partial charge in [-0.2, -0.15) is 0 Å². The van der Waals surface area contributed by atoms with Crippen molar-refractivity contribution in [3.8, 4) is 0 Å². The Morgan fingerprint density at radius 3 is 2.31 bits per heavy atom. The maximum atomic E-state index is 6.15. The second kappa shape index (κ2) is 9.30. The Labute approximate surface area is 107 Å². The number of halogens is 1. The molecule has 0 rings (SSSR count).